The number of rotatable bonds is 5. The lowest BCUT2D eigenvalue weighted by atomic mass is 10.3. The third-order valence-corrected chi connectivity index (χ3v) is 3.06. The number of hydrogen-bond donors (Lipinski definition) is 1. The average molecular weight is 268 g/mol. The second kappa shape index (κ2) is 5.56. The maximum Gasteiger partial charge on any atom is 0.153 e. The van der Waals surface area contributed by atoms with Gasteiger partial charge in [0.15, 0.2) is 5.82 Å². The lowest BCUT2D eigenvalue weighted by Crippen LogP contribution is -2.08. The van der Waals surface area contributed by atoms with E-state index < -0.39 is 0 Å². The quantitative estimate of drug-likeness (QED) is 0.769. The molecule has 6 nitrogen and oxygen atoms in total. The van der Waals surface area contributed by atoms with Gasteiger partial charge in [0.05, 0.1) is 24.1 Å². The molecule has 1 N–H and O–H groups in total. The van der Waals surface area contributed by atoms with Crippen molar-refractivity contribution in [1.29, 1.82) is 0 Å². The molecule has 0 radical (unpaired) electrons. The van der Waals surface area contributed by atoms with E-state index >= 15 is 0 Å². The summed E-state index contributed by atoms with van der Waals surface area (Å²) in [6.45, 7) is 3.69. The van der Waals surface area contributed by atoms with Gasteiger partial charge in [0.2, 0.25) is 0 Å². The highest BCUT2D eigenvalue weighted by molar-refractivity contribution is 5.43. The van der Waals surface area contributed by atoms with E-state index in [1.165, 1.54) is 0 Å². The first-order valence-electron chi connectivity index (χ1n) is 6.57. The Hall–Kier alpha value is -2.63. The van der Waals surface area contributed by atoms with E-state index in [1.807, 2.05) is 47.5 Å². The van der Waals surface area contributed by atoms with Crippen LogP contribution >= 0.6 is 0 Å². The predicted molar refractivity (Wildman–Crippen MR) is 76.6 cm³/mol. The van der Waals surface area contributed by atoms with Crippen LogP contribution in [-0.2, 0) is 13.1 Å². The summed E-state index contributed by atoms with van der Waals surface area (Å²) in [5, 5.41) is 11.7. The lowest BCUT2D eigenvalue weighted by Gasteiger charge is -2.08. The predicted octanol–water partition coefficient (Wildman–Crippen LogP) is 2.10. The first-order valence-corrected chi connectivity index (χ1v) is 6.57. The van der Waals surface area contributed by atoms with Crippen LogP contribution in [0, 0.1) is 0 Å². The van der Waals surface area contributed by atoms with Crippen molar-refractivity contribution in [3.05, 3.63) is 54.7 Å². The van der Waals surface area contributed by atoms with E-state index in [0.29, 0.717) is 0 Å². The van der Waals surface area contributed by atoms with Gasteiger partial charge in [0.1, 0.15) is 0 Å². The van der Waals surface area contributed by atoms with Gasteiger partial charge in [-0.3, -0.25) is 4.68 Å². The highest BCUT2D eigenvalue weighted by Gasteiger charge is 2.01. The Morgan fingerprint density at radius 3 is 2.80 bits per heavy atom. The summed E-state index contributed by atoms with van der Waals surface area (Å²) in [5.41, 5.74) is 2.13. The van der Waals surface area contributed by atoms with Crippen molar-refractivity contribution in [2.24, 2.45) is 0 Å². The maximum atomic E-state index is 4.38. The minimum absolute atomic E-state index is 0.733. The molecule has 3 heterocycles. The number of anilines is 1. The van der Waals surface area contributed by atoms with Crippen molar-refractivity contribution in [3.8, 4) is 5.82 Å². The van der Waals surface area contributed by atoms with Crippen molar-refractivity contribution < 1.29 is 0 Å². The molecule has 102 valence electrons. The molecule has 0 aliphatic rings. The Morgan fingerprint density at radius 2 is 2.10 bits per heavy atom. The monoisotopic (exact) mass is 268 g/mol. The molecule has 0 unspecified atom stereocenters. The Bertz CT molecular complexity index is 653. The van der Waals surface area contributed by atoms with Gasteiger partial charge in [-0.1, -0.05) is 0 Å². The van der Waals surface area contributed by atoms with Gasteiger partial charge in [0.25, 0.3) is 0 Å². The molecule has 0 spiro atoms. The number of aryl methyl sites for hydroxylation is 1. The third-order valence-electron chi connectivity index (χ3n) is 3.06. The van der Waals surface area contributed by atoms with Crippen LogP contribution < -0.4 is 5.32 Å². The molecule has 3 rings (SSSR count). The highest BCUT2D eigenvalue weighted by atomic mass is 15.3. The molecule has 0 saturated carbocycles. The van der Waals surface area contributed by atoms with Gasteiger partial charge < -0.3 is 5.32 Å². The second-order valence-electron chi connectivity index (χ2n) is 4.35. The Balaban J connectivity index is 1.67. The second-order valence-corrected chi connectivity index (χ2v) is 4.35. The molecule has 0 aliphatic heterocycles. The number of aromatic nitrogens is 5. The van der Waals surface area contributed by atoms with E-state index in [4.69, 9.17) is 0 Å². The summed E-state index contributed by atoms with van der Waals surface area (Å²) >= 11 is 0. The van der Waals surface area contributed by atoms with Gasteiger partial charge >= 0.3 is 0 Å². The smallest absolute Gasteiger partial charge is 0.153 e. The fourth-order valence-corrected chi connectivity index (χ4v) is 2.02. The summed E-state index contributed by atoms with van der Waals surface area (Å²) < 4.78 is 3.70. The molecule has 0 bridgehead atoms. The van der Waals surface area contributed by atoms with E-state index in [2.05, 4.69) is 27.4 Å². The summed E-state index contributed by atoms with van der Waals surface area (Å²) in [6, 6.07) is 7.82. The zero-order valence-corrected chi connectivity index (χ0v) is 11.3. The van der Waals surface area contributed by atoms with Crippen molar-refractivity contribution in [1.82, 2.24) is 24.5 Å². The van der Waals surface area contributed by atoms with Crippen LogP contribution in [0.1, 0.15) is 12.6 Å². The molecule has 0 amide bonds. The maximum absolute atomic E-state index is 4.38. The molecule has 0 aromatic carbocycles. The normalized spacial score (nSPS) is 10.7. The average Bonchev–Trinajstić information content (AvgIpc) is 3.16. The molecule has 0 saturated heterocycles. The van der Waals surface area contributed by atoms with Crippen LogP contribution in [0.2, 0.25) is 0 Å². The van der Waals surface area contributed by atoms with Gasteiger partial charge in [-0.15, -0.1) is 0 Å². The number of nitrogens with zero attached hydrogens (tertiary/aromatic N) is 5. The van der Waals surface area contributed by atoms with E-state index in [1.54, 1.807) is 10.9 Å². The summed E-state index contributed by atoms with van der Waals surface area (Å²) in [7, 11) is 0. The number of hydrogen-bond acceptors (Lipinski definition) is 4. The Morgan fingerprint density at radius 1 is 1.15 bits per heavy atom. The van der Waals surface area contributed by atoms with Crippen molar-refractivity contribution in [3.63, 3.8) is 0 Å². The zero-order valence-electron chi connectivity index (χ0n) is 11.3. The molecule has 3 aromatic rings. The summed E-state index contributed by atoms with van der Waals surface area (Å²) in [6.07, 6.45) is 7.23. The first kappa shape index (κ1) is 12.4. The van der Waals surface area contributed by atoms with Crippen LogP contribution in [0.15, 0.2) is 49.1 Å². The van der Waals surface area contributed by atoms with Crippen LogP contribution in [0.3, 0.4) is 0 Å². The topological polar surface area (TPSA) is 60.6 Å². The van der Waals surface area contributed by atoms with Gasteiger partial charge in [-0.05, 0) is 31.2 Å². The molecule has 20 heavy (non-hydrogen) atoms. The Kier molecular flexibility index (Phi) is 3.45. The molecule has 0 aliphatic carbocycles. The highest BCUT2D eigenvalue weighted by Crippen LogP contribution is 2.10. The zero-order chi connectivity index (χ0) is 13.8. The standard InChI is InChI=1S/C14H16N6/c1-2-19-13(6-8-18-19)11-15-12-4-5-14(16-10-12)20-9-3-7-17-20/h3-10,15H,2,11H2,1H3. The molecule has 0 fully saturated rings. The van der Waals surface area contributed by atoms with Crippen LogP contribution in [0.4, 0.5) is 5.69 Å². The van der Waals surface area contributed by atoms with E-state index in [9.17, 15) is 0 Å². The summed E-state index contributed by atoms with van der Waals surface area (Å²) in [5.74, 6) is 0.805. The van der Waals surface area contributed by atoms with Gasteiger partial charge in [-0.25, -0.2) is 9.67 Å². The minimum atomic E-state index is 0.733. The van der Waals surface area contributed by atoms with Crippen molar-refractivity contribution in [2.75, 3.05) is 5.32 Å². The van der Waals surface area contributed by atoms with Crippen molar-refractivity contribution in [2.45, 2.75) is 20.0 Å². The lowest BCUT2D eigenvalue weighted by molar-refractivity contribution is 0.627. The SMILES string of the molecule is CCn1nccc1CNc1ccc(-n2cccn2)nc1. The molecule has 3 aromatic heterocycles. The van der Waals surface area contributed by atoms with Gasteiger partial charge in [-0.2, -0.15) is 10.2 Å². The fourth-order valence-electron chi connectivity index (χ4n) is 2.02. The van der Waals surface area contributed by atoms with Crippen LogP contribution in [0.5, 0.6) is 0 Å². The number of pyridine rings is 1. The fraction of sp³-hybridized carbons (Fsp3) is 0.214. The largest absolute Gasteiger partial charge is 0.378 e. The third kappa shape index (κ3) is 2.54. The van der Waals surface area contributed by atoms with Crippen LogP contribution in [0.25, 0.3) is 5.82 Å². The van der Waals surface area contributed by atoms with E-state index in [-0.39, 0.29) is 0 Å². The molecular weight excluding hydrogens is 252 g/mol. The number of nitrogens with one attached hydrogen (secondary N) is 1. The minimum Gasteiger partial charge on any atom is -0.378 e. The first-order chi connectivity index (χ1) is 9.86. The molecule has 6 heteroatoms. The van der Waals surface area contributed by atoms with E-state index in [0.717, 1.165) is 30.3 Å². The van der Waals surface area contributed by atoms with Crippen LogP contribution in [-0.4, -0.2) is 24.5 Å². The molecular formula is C14H16N6. The van der Waals surface area contributed by atoms with Gasteiger partial charge in [0, 0.05) is 25.1 Å². The molecule has 0 atom stereocenters. The Labute approximate surface area is 117 Å². The summed E-state index contributed by atoms with van der Waals surface area (Å²) in [4.78, 5) is 4.38. The van der Waals surface area contributed by atoms with Crippen molar-refractivity contribution >= 4 is 5.69 Å².